The van der Waals surface area contributed by atoms with Crippen LogP contribution in [0.4, 0.5) is 0 Å². The van der Waals surface area contributed by atoms with Crippen LogP contribution in [0.5, 0.6) is 5.75 Å². The highest BCUT2D eigenvalue weighted by molar-refractivity contribution is 5.83. The first kappa shape index (κ1) is 24.6. The van der Waals surface area contributed by atoms with E-state index in [2.05, 4.69) is 26.7 Å². The minimum Gasteiger partial charge on any atom is -0.497 e. The number of carboxylic acids is 1. The Balaban J connectivity index is 1.39. The number of piperidine rings is 1. The number of ether oxygens (including phenoxy) is 1. The number of carbonyl (C=O) groups is 1. The number of aliphatic hydroxyl groups excluding tert-OH is 1. The molecule has 0 aliphatic carbocycles. The van der Waals surface area contributed by atoms with Crippen LogP contribution in [0.2, 0.25) is 0 Å². The van der Waals surface area contributed by atoms with Gasteiger partial charge < -0.3 is 14.9 Å². The van der Waals surface area contributed by atoms with Gasteiger partial charge in [0, 0.05) is 30.7 Å². The number of aliphatic hydroxyl groups is 1. The molecule has 1 saturated heterocycles. The molecule has 1 fully saturated rings. The lowest BCUT2D eigenvalue weighted by molar-refractivity contribution is -0.139. The highest BCUT2D eigenvalue weighted by atomic mass is 16.5. The molecule has 3 atom stereocenters. The fourth-order valence-electron chi connectivity index (χ4n) is 4.91. The summed E-state index contributed by atoms with van der Waals surface area (Å²) in [6.45, 7) is 2.15. The number of carboxylic acid groups (broad SMARTS) is 1. The maximum atomic E-state index is 11.6. The maximum Gasteiger partial charge on any atom is 0.303 e. The second-order valence-electron chi connectivity index (χ2n) is 9.03. The summed E-state index contributed by atoms with van der Waals surface area (Å²) >= 11 is 0. The first-order valence-corrected chi connectivity index (χ1v) is 12.0. The van der Waals surface area contributed by atoms with E-state index in [1.54, 1.807) is 19.5 Å². The lowest BCUT2D eigenvalue weighted by atomic mass is 9.79. The maximum absolute atomic E-state index is 11.6. The number of hydrogen-bond donors (Lipinski definition) is 2. The predicted octanol–water partition coefficient (Wildman–Crippen LogP) is 3.92. The molecular formula is C28H31N3O4. The van der Waals surface area contributed by atoms with Crippen molar-refractivity contribution in [3.63, 3.8) is 0 Å². The molecular weight excluding hydrogens is 442 g/mol. The lowest BCUT2D eigenvalue weighted by Crippen LogP contribution is -2.41. The Kier molecular flexibility index (Phi) is 8.30. The average molecular weight is 474 g/mol. The third-order valence-corrected chi connectivity index (χ3v) is 6.75. The molecule has 1 aliphatic heterocycles. The van der Waals surface area contributed by atoms with Crippen LogP contribution in [0.3, 0.4) is 0 Å². The summed E-state index contributed by atoms with van der Waals surface area (Å²) in [5, 5.41) is 21.4. The van der Waals surface area contributed by atoms with Gasteiger partial charge in [-0.25, -0.2) is 4.98 Å². The number of aromatic nitrogens is 2. The van der Waals surface area contributed by atoms with Gasteiger partial charge in [-0.2, -0.15) is 0 Å². The van der Waals surface area contributed by atoms with Crippen LogP contribution in [0.15, 0.2) is 54.9 Å². The molecule has 1 aromatic carbocycles. The van der Waals surface area contributed by atoms with Gasteiger partial charge in [0.1, 0.15) is 11.4 Å². The molecule has 0 radical (unpaired) electrons. The molecule has 1 aliphatic rings. The van der Waals surface area contributed by atoms with Crippen molar-refractivity contribution in [2.45, 2.75) is 31.8 Å². The van der Waals surface area contributed by atoms with Crippen LogP contribution in [0, 0.1) is 23.7 Å². The van der Waals surface area contributed by atoms with E-state index >= 15 is 0 Å². The number of benzene rings is 1. The molecule has 3 heterocycles. The van der Waals surface area contributed by atoms with Gasteiger partial charge in [-0.05, 0) is 85.5 Å². The predicted molar refractivity (Wildman–Crippen MR) is 134 cm³/mol. The molecule has 4 rings (SSSR count). The molecule has 3 aromatic rings. The molecule has 2 aromatic heterocycles. The summed E-state index contributed by atoms with van der Waals surface area (Å²) in [5.74, 6) is 6.45. The molecule has 7 heteroatoms. The zero-order chi connectivity index (χ0) is 24.6. The highest BCUT2D eigenvalue weighted by Gasteiger charge is 2.31. The second kappa shape index (κ2) is 11.8. The SMILES string of the molecule is COc1ccc2nccc(C(O)CC[C@@H]3CCN(CC#Cc4ccccn4)C[C@@H]3CC(=O)O)c2c1. The van der Waals surface area contributed by atoms with Gasteiger partial charge in [-0.1, -0.05) is 12.0 Å². The van der Waals surface area contributed by atoms with Crippen LogP contribution in [0.1, 0.15) is 43.0 Å². The number of hydrogen-bond acceptors (Lipinski definition) is 6. The standard InChI is InChI=1S/C28H31N3O4/c1-35-23-8-9-26-25(18-23)24(11-14-30-26)27(32)10-7-20-12-16-31(19-21(20)17-28(33)34)15-4-6-22-5-2-3-13-29-22/h2-3,5,8-9,11,13-14,18,20-21,27,32H,7,10,12,15-17,19H2,1H3,(H,33,34)/t20-,21+,27?/m1/s1. The number of methoxy groups -OCH3 is 1. The Bertz CT molecular complexity index is 1210. The molecule has 0 amide bonds. The van der Waals surface area contributed by atoms with Crippen molar-refractivity contribution in [2.24, 2.45) is 11.8 Å². The van der Waals surface area contributed by atoms with Crippen molar-refractivity contribution >= 4 is 16.9 Å². The number of likely N-dealkylation sites (tertiary alicyclic amines) is 1. The Morgan fingerprint density at radius 1 is 1.20 bits per heavy atom. The van der Waals surface area contributed by atoms with Gasteiger partial charge >= 0.3 is 5.97 Å². The zero-order valence-corrected chi connectivity index (χ0v) is 19.9. The van der Waals surface area contributed by atoms with Crippen LogP contribution in [0.25, 0.3) is 10.9 Å². The van der Waals surface area contributed by atoms with Gasteiger partial charge in [0.25, 0.3) is 0 Å². The average Bonchev–Trinajstić information content (AvgIpc) is 2.87. The number of rotatable bonds is 8. The molecule has 1 unspecified atom stereocenters. The van der Waals surface area contributed by atoms with Crippen molar-refractivity contribution < 1.29 is 19.7 Å². The van der Waals surface area contributed by atoms with Gasteiger partial charge in [0.05, 0.1) is 25.3 Å². The normalized spacial score (nSPS) is 19.0. The van der Waals surface area contributed by atoms with Gasteiger partial charge in [-0.3, -0.25) is 14.7 Å². The summed E-state index contributed by atoms with van der Waals surface area (Å²) < 4.78 is 5.34. The molecule has 182 valence electrons. The van der Waals surface area contributed by atoms with Crippen LogP contribution in [-0.2, 0) is 4.79 Å². The van der Waals surface area contributed by atoms with Crippen molar-refractivity contribution in [2.75, 3.05) is 26.7 Å². The van der Waals surface area contributed by atoms with E-state index in [0.717, 1.165) is 47.3 Å². The van der Waals surface area contributed by atoms with Gasteiger partial charge in [0.2, 0.25) is 0 Å². The molecule has 0 saturated carbocycles. The van der Waals surface area contributed by atoms with E-state index < -0.39 is 12.1 Å². The smallest absolute Gasteiger partial charge is 0.303 e. The Hall–Kier alpha value is -3.47. The van der Waals surface area contributed by atoms with E-state index in [9.17, 15) is 15.0 Å². The lowest BCUT2D eigenvalue weighted by Gasteiger charge is -2.37. The van der Waals surface area contributed by atoms with Crippen molar-refractivity contribution in [3.8, 4) is 17.6 Å². The summed E-state index contributed by atoms with van der Waals surface area (Å²) in [4.78, 5) is 22.4. The van der Waals surface area contributed by atoms with Gasteiger partial charge in [0.15, 0.2) is 0 Å². The molecule has 2 N–H and O–H groups in total. The third-order valence-electron chi connectivity index (χ3n) is 6.75. The third kappa shape index (κ3) is 6.56. The first-order chi connectivity index (χ1) is 17.0. The number of aliphatic carboxylic acids is 1. The molecule has 7 nitrogen and oxygen atoms in total. The Morgan fingerprint density at radius 3 is 2.86 bits per heavy atom. The van der Waals surface area contributed by atoms with Crippen molar-refractivity contribution in [1.82, 2.24) is 14.9 Å². The summed E-state index contributed by atoms with van der Waals surface area (Å²) in [6, 6.07) is 13.1. The Morgan fingerprint density at radius 2 is 2.09 bits per heavy atom. The minimum absolute atomic E-state index is 0.0272. The zero-order valence-electron chi connectivity index (χ0n) is 19.9. The number of nitrogens with zero attached hydrogens (tertiary/aromatic N) is 3. The topological polar surface area (TPSA) is 95.8 Å². The monoisotopic (exact) mass is 473 g/mol. The quantitative estimate of drug-likeness (QED) is 0.479. The van der Waals surface area contributed by atoms with E-state index in [-0.39, 0.29) is 18.3 Å². The Labute approximate surface area is 205 Å². The minimum atomic E-state index is -0.783. The van der Waals surface area contributed by atoms with Crippen LogP contribution < -0.4 is 4.74 Å². The van der Waals surface area contributed by atoms with E-state index in [1.807, 2.05) is 42.5 Å². The number of fused-ring (bicyclic) bond motifs is 1. The number of pyridine rings is 2. The van der Waals surface area contributed by atoms with Crippen molar-refractivity contribution in [3.05, 3.63) is 66.1 Å². The fourth-order valence-corrected chi connectivity index (χ4v) is 4.91. The van der Waals surface area contributed by atoms with Gasteiger partial charge in [-0.15, -0.1) is 0 Å². The van der Waals surface area contributed by atoms with Crippen LogP contribution in [-0.4, -0.2) is 57.8 Å². The first-order valence-electron chi connectivity index (χ1n) is 12.0. The molecule has 0 spiro atoms. The van der Waals surface area contributed by atoms with Crippen molar-refractivity contribution in [1.29, 1.82) is 0 Å². The fraction of sp³-hybridized carbons (Fsp3) is 0.393. The summed E-state index contributed by atoms with van der Waals surface area (Å²) in [6.07, 6.45) is 5.13. The highest BCUT2D eigenvalue weighted by Crippen LogP contribution is 2.34. The largest absolute Gasteiger partial charge is 0.497 e. The van der Waals surface area contributed by atoms with E-state index in [4.69, 9.17) is 4.74 Å². The van der Waals surface area contributed by atoms with Crippen LogP contribution >= 0.6 is 0 Å². The summed E-state index contributed by atoms with van der Waals surface area (Å²) in [5.41, 5.74) is 2.37. The van der Waals surface area contributed by atoms with E-state index in [1.165, 1.54) is 0 Å². The molecule has 0 bridgehead atoms. The molecule has 35 heavy (non-hydrogen) atoms. The van der Waals surface area contributed by atoms with E-state index in [0.29, 0.717) is 19.5 Å². The second-order valence-corrected chi connectivity index (χ2v) is 9.03. The summed E-state index contributed by atoms with van der Waals surface area (Å²) in [7, 11) is 1.62.